The van der Waals surface area contributed by atoms with E-state index >= 15 is 0 Å². The number of ether oxygens (including phenoxy) is 4. The van der Waals surface area contributed by atoms with Gasteiger partial charge in [-0.1, -0.05) is 12.1 Å². The number of aromatic hydroxyl groups is 4. The predicted octanol–water partition coefficient (Wildman–Crippen LogP) is 1.73. The fourth-order valence-electron chi connectivity index (χ4n) is 4.63. The molecule has 5 rings (SSSR count). The number of hydrogen-bond donors (Lipinski definition) is 7. The summed E-state index contributed by atoms with van der Waals surface area (Å²) in [6.45, 7) is -0.602. The number of carbonyl (C=O) groups excluding carboxylic acids is 1. The van der Waals surface area contributed by atoms with Crippen LogP contribution < -0.4 is 14.9 Å². The maximum absolute atomic E-state index is 13.6. The zero-order chi connectivity index (χ0) is 32.4. The Balaban J connectivity index is 1.44. The van der Waals surface area contributed by atoms with Gasteiger partial charge in [-0.3, -0.25) is 4.79 Å². The molecule has 14 heteroatoms. The first-order valence-electron chi connectivity index (χ1n) is 13.4. The summed E-state index contributed by atoms with van der Waals surface area (Å²) in [6.07, 6.45) is -6.34. The van der Waals surface area contributed by atoms with E-state index in [1.54, 1.807) is 12.1 Å². The Morgan fingerprint density at radius 3 is 2.31 bits per heavy atom. The summed E-state index contributed by atoms with van der Waals surface area (Å²) in [4.78, 5) is 25.9. The largest absolute Gasteiger partial charge is 0.508 e. The lowest BCUT2D eigenvalue weighted by Crippen LogP contribution is -2.60. The molecular formula is C31H28O14. The van der Waals surface area contributed by atoms with Gasteiger partial charge in [-0.2, -0.15) is 0 Å². The first kappa shape index (κ1) is 31.2. The van der Waals surface area contributed by atoms with Crippen LogP contribution in [0.5, 0.6) is 34.5 Å². The number of hydrogen-bond acceptors (Lipinski definition) is 14. The van der Waals surface area contributed by atoms with E-state index in [1.807, 2.05) is 0 Å². The Hall–Kier alpha value is -5.28. The number of carbonyl (C=O) groups is 1. The van der Waals surface area contributed by atoms with Gasteiger partial charge >= 0.3 is 5.97 Å². The maximum Gasteiger partial charge on any atom is 0.330 e. The fraction of sp³-hybridized carbons (Fsp3) is 0.226. The molecule has 4 aromatic rings. The molecule has 1 fully saturated rings. The molecule has 14 nitrogen and oxygen atoms in total. The highest BCUT2D eigenvalue weighted by Gasteiger charge is 2.46. The Bertz CT molecular complexity index is 1800. The lowest BCUT2D eigenvalue weighted by molar-refractivity contribution is -0.278. The quantitative estimate of drug-likeness (QED) is 0.110. The van der Waals surface area contributed by atoms with Gasteiger partial charge in [0.1, 0.15) is 59.2 Å². The average molecular weight is 625 g/mol. The van der Waals surface area contributed by atoms with Gasteiger partial charge in [0.05, 0.1) is 7.11 Å². The first-order valence-corrected chi connectivity index (χ1v) is 13.4. The predicted molar refractivity (Wildman–Crippen MR) is 155 cm³/mol. The molecule has 1 aliphatic rings. The number of esters is 1. The lowest BCUT2D eigenvalue weighted by Gasteiger charge is -2.39. The van der Waals surface area contributed by atoms with E-state index in [1.165, 1.54) is 43.5 Å². The number of benzene rings is 3. The minimum Gasteiger partial charge on any atom is -0.508 e. The van der Waals surface area contributed by atoms with Crippen molar-refractivity contribution >= 4 is 23.0 Å². The van der Waals surface area contributed by atoms with Crippen LogP contribution in [-0.2, 0) is 14.3 Å². The summed E-state index contributed by atoms with van der Waals surface area (Å²) < 4.78 is 27.3. The molecule has 0 saturated carbocycles. The van der Waals surface area contributed by atoms with Gasteiger partial charge in [0, 0.05) is 23.8 Å². The molecule has 0 unspecified atom stereocenters. The molecule has 7 N–H and O–H groups in total. The number of rotatable bonds is 8. The van der Waals surface area contributed by atoms with Gasteiger partial charge in [0.25, 0.3) is 0 Å². The van der Waals surface area contributed by atoms with Crippen molar-refractivity contribution in [3.8, 4) is 45.8 Å². The van der Waals surface area contributed by atoms with E-state index in [0.29, 0.717) is 5.56 Å². The maximum atomic E-state index is 13.6. The summed E-state index contributed by atoms with van der Waals surface area (Å²) in [5, 5.41) is 71.4. The van der Waals surface area contributed by atoms with Crippen LogP contribution in [0.3, 0.4) is 0 Å². The van der Waals surface area contributed by atoms with E-state index in [2.05, 4.69) is 0 Å². The Morgan fingerprint density at radius 1 is 0.889 bits per heavy atom. The molecule has 1 aromatic heterocycles. The molecule has 236 valence electrons. The summed E-state index contributed by atoms with van der Waals surface area (Å²) in [6, 6.07) is 11.9. The lowest BCUT2D eigenvalue weighted by atomic mass is 9.99. The van der Waals surface area contributed by atoms with E-state index < -0.39 is 71.3 Å². The van der Waals surface area contributed by atoms with Crippen molar-refractivity contribution in [1.29, 1.82) is 0 Å². The number of methoxy groups -OCH3 is 1. The SMILES string of the molecule is COc1ccc(-c2oc3cc(O)cc(O)c3c(=O)c2O[C@@H]2O[C@H](COC(=O)C=Cc3ccc(O)cc3)[C@@H](O)[C@H](O)[C@H]2O)cc1O. The van der Waals surface area contributed by atoms with Crippen molar-refractivity contribution in [3.63, 3.8) is 0 Å². The highest BCUT2D eigenvalue weighted by atomic mass is 16.7. The fourth-order valence-corrected chi connectivity index (χ4v) is 4.63. The molecule has 0 amide bonds. The minimum atomic E-state index is -1.93. The van der Waals surface area contributed by atoms with Crippen molar-refractivity contribution in [1.82, 2.24) is 0 Å². The number of phenolic OH excluding ortho intramolecular Hbond substituents is 4. The second-order valence-electron chi connectivity index (χ2n) is 10.0. The molecule has 0 aliphatic carbocycles. The van der Waals surface area contributed by atoms with Gasteiger partial charge in [-0.25, -0.2) is 4.79 Å². The van der Waals surface area contributed by atoms with Gasteiger partial charge in [-0.05, 0) is 42.0 Å². The molecule has 3 aromatic carbocycles. The molecule has 1 aliphatic heterocycles. The molecule has 0 radical (unpaired) electrons. The van der Waals surface area contributed by atoms with Crippen LogP contribution in [0, 0.1) is 0 Å². The van der Waals surface area contributed by atoms with E-state index in [0.717, 1.165) is 18.2 Å². The van der Waals surface area contributed by atoms with E-state index in [4.69, 9.17) is 23.4 Å². The van der Waals surface area contributed by atoms with Crippen LogP contribution in [0.2, 0.25) is 0 Å². The molecule has 5 atom stereocenters. The zero-order valence-corrected chi connectivity index (χ0v) is 23.4. The highest BCUT2D eigenvalue weighted by Crippen LogP contribution is 2.39. The molecule has 45 heavy (non-hydrogen) atoms. The third-order valence-electron chi connectivity index (χ3n) is 6.96. The topological polar surface area (TPSA) is 226 Å². The van der Waals surface area contributed by atoms with Crippen molar-refractivity contribution < 1.29 is 63.9 Å². The summed E-state index contributed by atoms with van der Waals surface area (Å²) >= 11 is 0. The van der Waals surface area contributed by atoms with Gasteiger partial charge in [0.15, 0.2) is 17.3 Å². The summed E-state index contributed by atoms with van der Waals surface area (Å²) in [5.74, 6) is -3.07. The highest BCUT2D eigenvalue weighted by molar-refractivity contribution is 5.88. The second-order valence-corrected chi connectivity index (χ2v) is 10.0. The number of fused-ring (bicyclic) bond motifs is 1. The molecule has 0 spiro atoms. The Morgan fingerprint density at radius 2 is 1.62 bits per heavy atom. The summed E-state index contributed by atoms with van der Waals surface area (Å²) in [7, 11) is 1.33. The van der Waals surface area contributed by atoms with Gasteiger partial charge < -0.3 is 59.1 Å². The van der Waals surface area contributed by atoms with Crippen molar-refractivity contribution in [2.45, 2.75) is 30.7 Å². The first-order chi connectivity index (χ1) is 21.5. The zero-order valence-electron chi connectivity index (χ0n) is 23.4. The van der Waals surface area contributed by atoms with Crippen LogP contribution in [0.15, 0.2) is 69.9 Å². The van der Waals surface area contributed by atoms with Gasteiger partial charge in [-0.15, -0.1) is 0 Å². The van der Waals surface area contributed by atoms with Crippen molar-refractivity contribution in [2.24, 2.45) is 0 Å². The van der Waals surface area contributed by atoms with Crippen LogP contribution >= 0.6 is 0 Å². The molecular weight excluding hydrogens is 596 g/mol. The molecule has 2 heterocycles. The Labute approximate surface area is 253 Å². The normalized spacial score (nSPS) is 21.6. The number of aliphatic hydroxyl groups is 3. The molecule has 1 saturated heterocycles. The van der Waals surface area contributed by atoms with Crippen LogP contribution in [-0.4, -0.2) is 86.1 Å². The van der Waals surface area contributed by atoms with Crippen molar-refractivity contribution in [2.75, 3.05) is 13.7 Å². The van der Waals surface area contributed by atoms with Crippen LogP contribution in [0.4, 0.5) is 0 Å². The molecule has 0 bridgehead atoms. The smallest absolute Gasteiger partial charge is 0.330 e. The number of phenols is 4. The van der Waals surface area contributed by atoms with Crippen LogP contribution in [0.1, 0.15) is 5.56 Å². The van der Waals surface area contributed by atoms with Crippen LogP contribution in [0.25, 0.3) is 28.4 Å². The third kappa shape index (κ3) is 6.49. The van der Waals surface area contributed by atoms with E-state index in [-0.39, 0.29) is 34.2 Å². The third-order valence-corrected chi connectivity index (χ3v) is 6.96. The average Bonchev–Trinajstić information content (AvgIpc) is 3.01. The standard InChI is InChI=1S/C31H28O14/c1-41-20-8-5-15(10-18(20)34)29-30(26(38)24-19(35)11-17(33)12-21(24)43-29)45-31-28(40)27(39)25(37)22(44-31)13-42-23(36)9-4-14-2-6-16(32)7-3-14/h2-12,22,25,27-28,31-35,37,39-40H,13H2,1H3/t22-,25-,27+,28-,31+/m1/s1. The monoisotopic (exact) mass is 624 g/mol. The van der Waals surface area contributed by atoms with Gasteiger partial charge in [0.2, 0.25) is 17.5 Å². The van der Waals surface area contributed by atoms with Crippen molar-refractivity contribution in [3.05, 3.63) is 76.5 Å². The van der Waals surface area contributed by atoms with E-state index in [9.17, 15) is 45.3 Å². The number of aliphatic hydroxyl groups excluding tert-OH is 3. The second kappa shape index (κ2) is 12.8. The Kier molecular flexibility index (Phi) is 8.83. The summed E-state index contributed by atoms with van der Waals surface area (Å²) in [5.41, 5.74) is -0.567. The minimum absolute atomic E-state index is 0.0440.